The molecule has 3 N–H and O–H groups in total. The van der Waals surface area contributed by atoms with E-state index in [9.17, 15) is 9.59 Å². The molecule has 0 atom stereocenters. The zero-order chi connectivity index (χ0) is 11.7. The van der Waals surface area contributed by atoms with Crippen molar-refractivity contribution in [1.82, 2.24) is 20.9 Å². The number of urea groups is 1. The Morgan fingerprint density at radius 1 is 1.07 bits per heavy atom. The number of carbonyl (C=O) groups is 2. The molecule has 0 rings (SSSR count). The molecule has 3 amide bonds. The van der Waals surface area contributed by atoms with Crippen molar-refractivity contribution in [2.45, 2.75) is 6.42 Å². The zero-order valence-corrected chi connectivity index (χ0v) is 9.59. The fraction of sp³-hybridized carbons (Fsp3) is 0.778. The second-order valence-electron chi connectivity index (χ2n) is 3.33. The summed E-state index contributed by atoms with van der Waals surface area (Å²) in [6.07, 6.45) is 0.456. The van der Waals surface area contributed by atoms with Gasteiger partial charge in [-0.25, -0.2) is 4.79 Å². The Morgan fingerprint density at radius 3 is 2.20 bits per heavy atom. The Morgan fingerprint density at radius 2 is 1.67 bits per heavy atom. The number of hydrogen-bond acceptors (Lipinski definition) is 3. The van der Waals surface area contributed by atoms with Gasteiger partial charge in [-0.2, -0.15) is 0 Å². The second-order valence-corrected chi connectivity index (χ2v) is 3.33. The van der Waals surface area contributed by atoms with Crippen LogP contribution in [0, 0.1) is 0 Å². The summed E-state index contributed by atoms with van der Waals surface area (Å²) in [6.45, 7) is 1.57. The van der Waals surface area contributed by atoms with Gasteiger partial charge in [-0.05, 0) is 7.05 Å². The summed E-state index contributed by atoms with van der Waals surface area (Å²) in [5, 5.41) is 8.23. The van der Waals surface area contributed by atoms with Crippen molar-refractivity contribution in [3.8, 4) is 0 Å². The maximum atomic E-state index is 11.1. The largest absolute Gasteiger partial charge is 0.354 e. The highest BCUT2D eigenvalue weighted by Crippen LogP contribution is 1.77. The van der Waals surface area contributed by atoms with Crippen LogP contribution < -0.4 is 16.0 Å². The average molecular weight is 216 g/mol. The standard InChI is InChI=1S/C9H20N4O2/c1-10-5-4-8(14)11-6-7-12-9(15)13(2)3/h10H,4-7H2,1-3H3,(H,11,14)(H,12,15). The first-order valence-corrected chi connectivity index (χ1v) is 4.94. The van der Waals surface area contributed by atoms with Gasteiger partial charge in [0.15, 0.2) is 0 Å². The summed E-state index contributed by atoms with van der Waals surface area (Å²) in [5.41, 5.74) is 0. The summed E-state index contributed by atoms with van der Waals surface area (Å²) in [6, 6.07) is -0.153. The molecule has 0 bridgehead atoms. The van der Waals surface area contributed by atoms with E-state index >= 15 is 0 Å². The molecule has 0 unspecified atom stereocenters. The van der Waals surface area contributed by atoms with E-state index in [1.165, 1.54) is 4.90 Å². The second kappa shape index (κ2) is 8.05. The molecule has 0 aromatic heterocycles. The van der Waals surface area contributed by atoms with Crippen LogP contribution in [0.4, 0.5) is 4.79 Å². The lowest BCUT2D eigenvalue weighted by atomic mass is 10.4. The van der Waals surface area contributed by atoms with Crippen molar-refractivity contribution in [3.05, 3.63) is 0 Å². The average Bonchev–Trinajstić information content (AvgIpc) is 2.20. The Kier molecular flexibility index (Phi) is 7.35. The van der Waals surface area contributed by atoms with Crippen LogP contribution in [0.5, 0.6) is 0 Å². The minimum atomic E-state index is -0.153. The molecule has 0 fully saturated rings. The van der Waals surface area contributed by atoms with Crippen molar-refractivity contribution in [1.29, 1.82) is 0 Å². The lowest BCUT2D eigenvalue weighted by molar-refractivity contribution is -0.120. The van der Waals surface area contributed by atoms with Gasteiger partial charge in [-0.3, -0.25) is 4.79 Å². The van der Waals surface area contributed by atoms with Crippen LogP contribution >= 0.6 is 0 Å². The number of amides is 3. The third kappa shape index (κ3) is 7.75. The van der Waals surface area contributed by atoms with E-state index < -0.39 is 0 Å². The van der Waals surface area contributed by atoms with Crippen molar-refractivity contribution in [3.63, 3.8) is 0 Å². The lowest BCUT2D eigenvalue weighted by Gasteiger charge is -2.12. The number of nitrogens with zero attached hydrogens (tertiary/aromatic N) is 1. The molecule has 0 spiro atoms. The van der Waals surface area contributed by atoms with E-state index in [-0.39, 0.29) is 11.9 Å². The monoisotopic (exact) mass is 216 g/mol. The molecule has 0 heterocycles. The van der Waals surface area contributed by atoms with E-state index in [2.05, 4.69) is 16.0 Å². The number of rotatable bonds is 6. The molecule has 6 nitrogen and oxygen atoms in total. The summed E-state index contributed by atoms with van der Waals surface area (Å²) in [5.74, 6) is -0.0107. The van der Waals surface area contributed by atoms with Gasteiger partial charge < -0.3 is 20.9 Å². The van der Waals surface area contributed by atoms with Gasteiger partial charge in [0.05, 0.1) is 0 Å². The Labute approximate surface area is 90.4 Å². The summed E-state index contributed by atoms with van der Waals surface area (Å²) >= 11 is 0. The van der Waals surface area contributed by atoms with Crippen LogP contribution in [0.3, 0.4) is 0 Å². The molecule has 0 aliphatic carbocycles. The maximum absolute atomic E-state index is 11.1. The molecule has 0 radical (unpaired) electrons. The van der Waals surface area contributed by atoms with Gasteiger partial charge in [-0.15, -0.1) is 0 Å². The minimum Gasteiger partial charge on any atom is -0.354 e. The number of hydrogen-bond donors (Lipinski definition) is 3. The van der Waals surface area contributed by atoms with E-state index in [1.54, 1.807) is 21.1 Å². The van der Waals surface area contributed by atoms with Gasteiger partial charge in [0.1, 0.15) is 0 Å². The van der Waals surface area contributed by atoms with Crippen LogP contribution in [-0.4, -0.2) is 57.6 Å². The maximum Gasteiger partial charge on any atom is 0.316 e. The third-order valence-electron chi connectivity index (χ3n) is 1.73. The van der Waals surface area contributed by atoms with E-state index in [0.717, 1.165) is 0 Å². The predicted octanol–water partition coefficient (Wildman–Crippen LogP) is -1.02. The van der Waals surface area contributed by atoms with E-state index in [1.807, 2.05) is 0 Å². The van der Waals surface area contributed by atoms with Crippen LogP contribution in [-0.2, 0) is 4.79 Å². The molecular formula is C9H20N4O2. The predicted molar refractivity (Wildman–Crippen MR) is 58.6 cm³/mol. The van der Waals surface area contributed by atoms with Gasteiger partial charge >= 0.3 is 6.03 Å². The normalized spacial score (nSPS) is 9.53. The molecule has 0 aromatic carbocycles. The van der Waals surface area contributed by atoms with Gasteiger partial charge in [-0.1, -0.05) is 0 Å². The SMILES string of the molecule is CNCCC(=O)NCCNC(=O)N(C)C. The molecule has 6 heteroatoms. The highest BCUT2D eigenvalue weighted by molar-refractivity contribution is 5.76. The van der Waals surface area contributed by atoms with Crippen molar-refractivity contribution < 1.29 is 9.59 Å². The Bertz CT molecular complexity index is 206. The molecular weight excluding hydrogens is 196 g/mol. The lowest BCUT2D eigenvalue weighted by Crippen LogP contribution is -2.39. The van der Waals surface area contributed by atoms with Gasteiger partial charge in [0.25, 0.3) is 0 Å². The van der Waals surface area contributed by atoms with E-state index in [4.69, 9.17) is 0 Å². The Hall–Kier alpha value is -1.30. The quantitative estimate of drug-likeness (QED) is 0.498. The van der Waals surface area contributed by atoms with Crippen molar-refractivity contribution >= 4 is 11.9 Å². The van der Waals surface area contributed by atoms with Crippen molar-refractivity contribution in [2.24, 2.45) is 0 Å². The first kappa shape index (κ1) is 13.7. The van der Waals surface area contributed by atoms with Gasteiger partial charge in [0.2, 0.25) is 5.91 Å². The Balaban J connectivity index is 3.38. The highest BCUT2D eigenvalue weighted by Gasteiger charge is 2.02. The molecule has 88 valence electrons. The molecule has 0 saturated carbocycles. The topological polar surface area (TPSA) is 73.5 Å². The van der Waals surface area contributed by atoms with Crippen LogP contribution in [0.2, 0.25) is 0 Å². The first-order valence-electron chi connectivity index (χ1n) is 4.94. The number of nitrogens with one attached hydrogen (secondary N) is 3. The van der Waals surface area contributed by atoms with Crippen molar-refractivity contribution in [2.75, 3.05) is 40.8 Å². The summed E-state index contributed by atoms with van der Waals surface area (Å²) in [7, 11) is 5.13. The third-order valence-corrected chi connectivity index (χ3v) is 1.73. The molecule has 0 aromatic rings. The van der Waals surface area contributed by atoms with E-state index in [0.29, 0.717) is 26.1 Å². The first-order chi connectivity index (χ1) is 7.07. The smallest absolute Gasteiger partial charge is 0.316 e. The summed E-state index contributed by atoms with van der Waals surface area (Å²) in [4.78, 5) is 23.6. The molecule has 0 aliphatic rings. The fourth-order valence-corrected chi connectivity index (χ4v) is 0.856. The molecule has 0 aliphatic heterocycles. The molecule has 0 saturated heterocycles. The number of carbonyl (C=O) groups excluding carboxylic acids is 2. The van der Waals surface area contributed by atoms with Crippen LogP contribution in [0.25, 0.3) is 0 Å². The zero-order valence-electron chi connectivity index (χ0n) is 9.59. The summed E-state index contributed by atoms with van der Waals surface area (Å²) < 4.78 is 0. The highest BCUT2D eigenvalue weighted by atomic mass is 16.2. The fourth-order valence-electron chi connectivity index (χ4n) is 0.856. The van der Waals surface area contributed by atoms with Crippen LogP contribution in [0.15, 0.2) is 0 Å². The molecule has 15 heavy (non-hydrogen) atoms. The minimum absolute atomic E-state index is 0.0107. The van der Waals surface area contributed by atoms with Crippen LogP contribution in [0.1, 0.15) is 6.42 Å². The van der Waals surface area contributed by atoms with Gasteiger partial charge in [0, 0.05) is 40.2 Å².